The molecular weight excluding hydrogens is 290 g/mol. The molecule has 1 aliphatic heterocycles. The van der Waals surface area contributed by atoms with Gasteiger partial charge >= 0.3 is 6.09 Å². The first kappa shape index (κ1) is 15.5. The number of nitrogens with zero attached hydrogens (tertiary/aromatic N) is 2. The zero-order valence-electron chi connectivity index (χ0n) is 12.2. The Hall–Kier alpha value is -2.90. The van der Waals surface area contributed by atoms with Gasteiger partial charge in [0.15, 0.2) is 0 Å². The quantitative estimate of drug-likeness (QED) is 0.840. The van der Waals surface area contributed by atoms with E-state index in [9.17, 15) is 19.2 Å². The van der Waals surface area contributed by atoms with E-state index < -0.39 is 17.9 Å². The zero-order chi connectivity index (χ0) is 16.3. The second-order valence-electron chi connectivity index (χ2n) is 4.86. The molecule has 0 bridgehead atoms. The van der Waals surface area contributed by atoms with Crippen molar-refractivity contribution in [2.75, 3.05) is 19.4 Å². The fourth-order valence-corrected chi connectivity index (χ4v) is 1.84. The first-order valence-corrected chi connectivity index (χ1v) is 6.55. The van der Waals surface area contributed by atoms with Gasteiger partial charge in [0, 0.05) is 38.2 Å². The van der Waals surface area contributed by atoms with Crippen LogP contribution in [-0.2, 0) is 14.4 Å². The zero-order valence-corrected chi connectivity index (χ0v) is 12.2. The smallest absolute Gasteiger partial charge is 0.345 e. The van der Waals surface area contributed by atoms with Crippen molar-refractivity contribution in [1.82, 2.24) is 9.96 Å². The molecule has 1 aromatic rings. The van der Waals surface area contributed by atoms with Gasteiger partial charge < -0.3 is 9.74 Å². The van der Waals surface area contributed by atoms with Crippen LogP contribution in [0.4, 0.5) is 10.5 Å². The standard InChI is InChI=1S/C14H15N3O5/c1-16(2)13(20)9-3-5-10(6-4-9)15-14(21)22-17-11(18)7-8-12(17)19/h3-6H,7-8H2,1-2H3,(H,15,21). The third-order valence-electron chi connectivity index (χ3n) is 2.96. The molecule has 116 valence electrons. The van der Waals surface area contributed by atoms with E-state index in [4.69, 9.17) is 0 Å². The molecule has 0 aromatic heterocycles. The van der Waals surface area contributed by atoms with Gasteiger partial charge in [0.1, 0.15) is 0 Å². The topological polar surface area (TPSA) is 96.0 Å². The lowest BCUT2D eigenvalue weighted by atomic mass is 10.2. The highest BCUT2D eigenvalue weighted by atomic mass is 16.7. The van der Waals surface area contributed by atoms with Gasteiger partial charge in [-0.25, -0.2) is 4.79 Å². The summed E-state index contributed by atoms with van der Waals surface area (Å²) in [6.07, 6.45) is -0.878. The van der Waals surface area contributed by atoms with Crippen molar-refractivity contribution in [2.24, 2.45) is 0 Å². The number of hydroxylamine groups is 2. The summed E-state index contributed by atoms with van der Waals surface area (Å²) in [6, 6.07) is 6.13. The molecule has 4 amide bonds. The van der Waals surface area contributed by atoms with Crippen LogP contribution >= 0.6 is 0 Å². The molecule has 1 heterocycles. The predicted octanol–water partition coefficient (Wildman–Crippen LogP) is 1.00. The molecule has 0 unspecified atom stereocenters. The average Bonchev–Trinajstić information content (AvgIpc) is 2.79. The van der Waals surface area contributed by atoms with Crippen LogP contribution in [0.5, 0.6) is 0 Å². The van der Waals surface area contributed by atoms with Crippen molar-refractivity contribution >= 4 is 29.5 Å². The molecule has 1 saturated heterocycles. The second kappa shape index (κ2) is 6.25. The Morgan fingerprint density at radius 3 is 2.14 bits per heavy atom. The molecule has 2 rings (SSSR count). The molecule has 1 fully saturated rings. The van der Waals surface area contributed by atoms with E-state index in [1.165, 1.54) is 17.0 Å². The SMILES string of the molecule is CN(C)C(=O)c1ccc(NC(=O)ON2C(=O)CCC2=O)cc1. The number of amides is 4. The minimum absolute atomic E-state index is 0.0352. The largest absolute Gasteiger partial charge is 0.436 e. The number of anilines is 1. The molecule has 1 N–H and O–H groups in total. The lowest BCUT2D eigenvalue weighted by Crippen LogP contribution is -2.33. The van der Waals surface area contributed by atoms with E-state index in [0.717, 1.165) is 0 Å². The first-order valence-electron chi connectivity index (χ1n) is 6.55. The van der Waals surface area contributed by atoms with Gasteiger partial charge in [-0.1, -0.05) is 0 Å². The van der Waals surface area contributed by atoms with Gasteiger partial charge in [-0.05, 0) is 24.3 Å². The molecular formula is C14H15N3O5. The van der Waals surface area contributed by atoms with Crippen LogP contribution in [0.15, 0.2) is 24.3 Å². The van der Waals surface area contributed by atoms with Gasteiger partial charge in [-0.3, -0.25) is 19.7 Å². The normalized spacial score (nSPS) is 14.0. The number of nitrogens with one attached hydrogen (secondary N) is 1. The Labute approximate surface area is 126 Å². The Bertz CT molecular complexity index is 608. The summed E-state index contributed by atoms with van der Waals surface area (Å²) in [5.41, 5.74) is 0.841. The van der Waals surface area contributed by atoms with Crippen molar-refractivity contribution in [3.8, 4) is 0 Å². The third kappa shape index (κ3) is 3.40. The van der Waals surface area contributed by atoms with E-state index in [1.54, 1.807) is 26.2 Å². The fourth-order valence-electron chi connectivity index (χ4n) is 1.84. The van der Waals surface area contributed by atoms with Gasteiger partial charge in [0.25, 0.3) is 17.7 Å². The van der Waals surface area contributed by atoms with Gasteiger partial charge in [0.2, 0.25) is 0 Å². The van der Waals surface area contributed by atoms with Crippen LogP contribution in [0.25, 0.3) is 0 Å². The summed E-state index contributed by atoms with van der Waals surface area (Å²) in [6.45, 7) is 0. The minimum atomic E-state index is -0.949. The van der Waals surface area contributed by atoms with E-state index >= 15 is 0 Å². The Morgan fingerprint density at radius 2 is 1.64 bits per heavy atom. The van der Waals surface area contributed by atoms with Crippen molar-refractivity contribution in [1.29, 1.82) is 0 Å². The molecule has 8 heteroatoms. The highest BCUT2D eigenvalue weighted by Crippen LogP contribution is 2.14. The summed E-state index contributed by atoms with van der Waals surface area (Å²) >= 11 is 0. The monoisotopic (exact) mass is 305 g/mol. The highest BCUT2D eigenvalue weighted by molar-refractivity contribution is 6.02. The predicted molar refractivity (Wildman–Crippen MR) is 75.7 cm³/mol. The van der Waals surface area contributed by atoms with Crippen LogP contribution in [0.3, 0.4) is 0 Å². The Balaban J connectivity index is 1.96. The molecule has 0 radical (unpaired) electrons. The first-order chi connectivity index (χ1) is 10.4. The van der Waals surface area contributed by atoms with E-state index in [0.29, 0.717) is 16.3 Å². The second-order valence-corrected chi connectivity index (χ2v) is 4.86. The molecule has 1 aromatic carbocycles. The lowest BCUT2D eigenvalue weighted by molar-refractivity contribution is -0.170. The summed E-state index contributed by atoms with van der Waals surface area (Å²) in [7, 11) is 3.27. The van der Waals surface area contributed by atoms with E-state index in [2.05, 4.69) is 10.2 Å². The number of hydrogen-bond donors (Lipinski definition) is 1. The number of rotatable bonds is 3. The lowest BCUT2D eigenvalue weighted by Gasteiger charge is -2.13. The summed E-state index contributed by atoms with van der Waals surface area (Å²) in [5, 5.41) is 2.83. The molecule has 0 atom stereocenters. The van der Waals surface area contributed by atoms with Crippen LogP contribution in [-0.4, -0.2) is 47.9 Å². The summed E-state index contributed by atoms with van der Waals surface area (Å²) in [5.74, 6) is -1.26. The molecule has 22 heavy (non-hydrogen) atoms. The van der Waals surface area contributed by atoms with Crippen molar-refractivity contribution in [3.63, 3.8) is 0 Å². The van der Waals surface area contributed by atoms with Crippen LogP contribution < -0.4 is 5.32 Å². The highest BCUT2D eigenvalue weighted by Gasteiger charge is 2.32. The summed E-state index contributed by atoms with van der Waals surface area (Å²) < 4.78 is 0. The van der Waals surface area contributed by atoms with Gasteiger partial charge in [-0.2, -0.15) is 0 Å². The molecule has 0 spiro atoms. The maximum atomic E-state index is 11.7. The number of benzene rings is 1. The maximum Gasteiger partial charge on any atom is 0.436 e. The molecule has 8 nitrogen and oxygen atoms in total. The Morgan fingerprint density at radius 1 is 1.09 bits per heavy atom. The van der Waals surface area contributed by atoms with E-state index in [1.807, 2.05) is 0 Å². The maximum absolute atomic E-state index is 11.7. The summed E-state index contributed by atoms with van der Waals surface area (Å²) in [4.78, 5) is 52.1. The van der Waals surface area contributed by atoms with Gasteiger partial charge in [0.05, 0.1) is 0 Å². The fraction of sp³-hybridized carbons (Fsp3) is 0.286. The number of carbonyl (C=O) groups excluding carboxylic acids is 4. The molecule has 0 aliphatic carbocycles. The molecule has 1 aliphatic rings. The average molecular weight is 305 g/mol. The van der Waals surface area contributed by atoms with Crippen LogP contribution in [0.1, 0.15) is 23.2 Å². The van der Waals surface area contributed by atoms with Crippen molar-refractivity contribution < 1.29 is 24.0 Å². The van der Waals surface area contributed by atoms with Crippen molar-refractivity contribution in [2.45, 2.75) is 12.8 Å². The van der Waals surface area contributed by atoms with Crippen molar-refractivity contribution in [3.05, 3.63) is 29.8 Å². The molecule has 0 saturated carbocycles. The van der Waals surface area contributed by atoms with E-state index in [-0.39, 0.29) is 18.7 Å². The number of hydrogen-bond acceptors (Lipinski definition) is 5. The van der Waals surface area contributed by atoms with Crippen LogP contribution in [0.2, 0.25) is 0 Å². The number of imide groups is 1. The minimum Gasteiger partial charge on any atom is -0.345 e. The number of carbonyl (C=O) groups is 4. The Kier molecular flexibility index (Phi) is 4.40. The van der Waals surface area contributed by atoms with Crippen LogP contribution in [0, 0.1) is 0 Å². The third-order valence-corrected chi connectivity index (χ3v) is 2.96. The van der Waals surface area contributed by atoms with Gasteiger partial charge in [-0.15, -0.1) is 5.06 Å².